The van der Waals surface area contributed by atoms with Gasteiger partial charge in [-0.3, -0.25) is 0 Å². The van der Waals surface area contributed by atoms with Crippen LogP contribution in [0.4, 0.5) is 0 Å². The lowest BCUT2D eigenvalue weighted by atomic mass is 9.87. The minimum absolute atomic E-state index is 0.402. The Morgan fingerprint density at radius 3 is 2.63 bits per heavy atom. The van der Waals surface area contributed by atoms with Gasteiger partial charge in [0, 0.05) is 27.4 Å². The first-order valence-electron chi connectivity index (χ1n) is 6.70. The zero-order chi connectivity index (χ0) is 13.2. The van der Waals surface area contributed by atoms with E-state index in [0.29, 0.717) is 12.0 Å². The molecule has 2 nitrogen and oxygen atoms in total. The summed E-state index contributed by atoms with van der Waals surface area (Å²) in [6, 6.07) is 8.66. The summed E-state index contributed by atoms with van der Waals surface area (Å²) < 4.78 is 1.11. The number of rotatable bonds is 2. The number of nitrogens with zero attached hydrogens (tertiary/aromatic N) is 1. The summed E-state index contributed by atoms with van der Waals surface area (Å²) in [6.07, 6.45) is 4.64. The summed E-state index contributed by atoms with van der Waals surface area (Å²) in [4.78, 5) is 4.84. The predicted octanol–water partition coefficient (Wildman–Crippen LogP) is 4.56. The Kier molecular flexibility index (Phi) is 4.01. The summed E-state index contributed by atoms with van der Waals surface area (Å²) in [5, 5.41) is 3.45. The molecule has 0 aliphatic heterocycles. The van der Waals surface area contributed by atoms with Gasteiger partial charge in [-0.1, -0.05) is 34.1 Å². The van der Waals surface area contributed by atoms with Gasteiger partial charge in [0.15, 0.2) is 0 Å². The molecule has 0 saturated heterocycles. The highest BCUT2D eigenvalue weighted by atomic mass is 79.9. The van der Waals surface area contributed by atoms with Crippen LogP contribution < -0.4 is 5.73 Å². The van der Waals surface area contributed by atoms with Crippen molar-refractivity contribution in [1.29, 1.82) is 0 Å². The maximum absolute atomic E-state index is 5.97. The summed E-state index contributed by atoms with van der Waals surface area (Å²) in [5.74, 6) is 0.612. The zero-order valence-corrected chi connectivity index (χ0v) is 13.1. The quantitative estimate of drug-likeness (QED) is 0.873. The number of halogens is 1. The second-order valence-corrected chi connectivity index (χ2v) is 6.91. The first-order chi connectivity index (χ1) is 9.24. The Bertz CT molecular complexity index is 559. The van der Waals surface area contributed by atoms with Gasteiger partial charge in [0.2, 0.25) is 0 Å². The Morgan fingerprint density at radius 1 is 1.16 bits per heavy atom. The highest BCUT2D eigenvalue weighted by Crippen LogP contribution is 2.36. The van der Waals surface area contributed by atoms with Crippen molar-refractivity contribution in [1.82, 2.24) is 4.98 Å². The van der Waals surface area contributed by atoms with E-state index >= 15 is 0 Å². The molecule has 4 heteroatoms. The fourth-order valence-corrected chi connectivity index (χ4v) is 4.11. The van der Waals surface area contributed by atoms with E-state index in [1.165, 1.54) is 23.4 Å². The Balaban J connectivity index is 1.82. The third-order valence-corrected chi connectivity index (χ3v) is 5.49. The second-order valence-electron chi connectivity index (χ2n) is 5.16. The standard InChI is InChI=1S/C15H17BrN2S/c16-13-4-2-1-3-12(13)14-9-19-15(18-14)10-5-7-11(17)8-6-10/h1-4,9-11H,5-8,17H2. The molecule has 0 radical (unpaired) electrons. The molecule has 0 unspecified atom stereocenters. The van der Waals surface area contributed by atoms with E-state index < -0.39 is 0 Å². The Hall–Kier alpha value is -0.710. The average Bonchev–Trinajstić information content (AvgIpc) is 2.89. The Morgan fingerprint density at radius 2 is 1.89 bits per heavy atom. The smallest absolute Gasteiger partial charge is 0.0963 e. The molecular formula is C15H17BrN2S. The first kappa shape index (κ1) is 13.3. The summed E-state index contributed by atoms with van der Waals surface area (Å²) >= 11 is 5.38. The maximum atomic E-state index is 5.97. The van der Waals surface area contributed by atoms with Crippen LogP contribution in [0, 0.1) is 0 Å². The summed E-state index contributed by atoms with van der Waals surface area (Å²) in [6.45, 7) is 0. The molecule has 1 aliphatic rings. The molecule has 1 aliphatic carbocycles. The molecular weight excluding hydrogens is 320 g/mol. The fourth-order valence-electron chi connectivity index (χ4n) is 2.63. The van der Waals surface area contributed by atoms with Gasteiger partial charge >= 0.3 is 0 Å². The summed E-state index contributed by atoms with van der Waals surface area (Å²) in [7, 11) is 0. The van der Waals surface area contributed by atoms with Gasteiger partial charge in [0.25, 0.3) is 0 Å². The van der Waals surface area contributed by atoms with Crippen LogP contribution in [0.25, 0.3) is 11.3 Å². The van der Waals surface area contributed by atoms with Gasteiger partial charge in [-0.15, -0.1) is 11.3 Å². The normalized spacial score (nSPS) is 23.5. The van der Waals surface area contributed by atoms with Gasteiger partial charge in [-0.05, 0) is 31.7 Å². The lowest BCUT2D eigenvalue weighted by Gasteiger charge is -2.24. The summed E-state index contributed by atoms with van der Waals surface area (Å²) in [5.41, 5.74) is 8.23. The molecule has 2 aromatic rings. The number of aromatic nitrogens is 1. The van der Waals surface area contributed by atoms with Crippen molar-refractivity contribution in [2.75, 3.05) is 0 Å². The lowest BCUT2D eigenvalue weighted by molar-refractivity contribution is 0.395. The van der Waals surface area contributed by atoms with E-state index in [9.17, 15) is 0 Å². The highest BCUT2D eigenvalue weighted by molar-refractivity contribution is 9.10. The molecule has 0 spiro atoms. The van der Waals surface area contributed by atoms with Crippen LogP contribution in [0.5, 0.6) is 0 Å². The monoisotopic (exact) mass is 336 g/mol. The molecule has 1 fully saturated rings. The van der Waals surface area contributed by atoms with Crippen LogP contribution in [0.1, 0.15) is 36.6 Å². The number of thiazole rings is 1. The molecule has 1 heterocycles. The molecule has 3 rings (SSSR count). The fraction of sp³-hybridized carbons (Fsp3) is 0.400. The van der Waals surface area contributed by atoms with Gasteiger partial charge in [-0.25, -0.2) is 4.98 Å². The topological polar surface area (TPSA) is 38.9 Å². The van der Waals surface area contributed by atoms with Crippen LogP contribution in [-0.4, -0.2) is 11.0 Å². The number of hydrogen-bond acceptors (Lipinski definition) is 3. The van der Waals surface area contributed by atoms with E-state index in [4.69, 9.17) is 10.7 Å². The van der Waals surface area contributed by atoms with E-state index in [1.807, 2.05) is 6.07 Å². The van der Waals surface area contributed by atoms with Crippen LogP contribution in [0.2, 0.25) is 0 Å². The molecule has 19 heavy (non-hydrogen) atoms. The van der Waals surface area contributed by atoms with Crippen molar-refractivity contribution in [3.05, 3.63) is 39.1 Å². The third kappa shape index (κ3) is 2.91. The van der Waals surface area contributed by atoms with Gasteiger partial charge in [0.1, 0.15) is 0 Å². The van der Waals surface area contributed by atoms with Crippen molar-refractivity contribution in [2.24, 2.45) is 5.73 Å². The van der Waals surface area contributed by atoms with Crippen molar-refractivity contribution in [2.45, 2.75) is 37.6 Å². The van der Waals surface area contributed by atoms with Crippen LogP contribution in [0.15, 0.2) is 34.1 Å². The molecule has 0 atom stereocenters. The Labute approximate surface area is 126 Å². The van der Waals surface area contributed by atoms with Gasteiger partial charge < -0.3 is 5.73 Å². The molecule has 2 N–H and O–H groups in total. The van der Waals surface area contributed by atoms with Crippen molar-refractivity contribution < 1.29 is 0 Å². The molecule has 1 saturated carbocycles. The lowest BCUT2D eigenvalue weighted by Crippen LogP contribution is -2.25. The van der Waals surface area contributed by atoms with Crippen LogP contribution in [-0.2, 0) is 0 Å². The van der Waals surface area contributed by atoms with Crippen molar-refractivity contribution >= 4 is 27.3 Å². The largest absolute Gasteiger partial charge is 0.328 e. The second kappa shape index (κ2) is 5.73. The van der Waals surface area contributed by atoms with Crippen LogP contribution in [0.3, 0.4) is 0 Å². The van der Waals surface area contributed by atoms with Crippen molar-refractivity contribution in [3.8, 4) is 11.3 Å². The highest BCUT2D eigenvalue weighted by Gasteiger charge is 2.22. The SMILES string of the molecule is NC1CCC(c2nc(-c3ccccc3Br)cs2)CC1. The third-order valence-electron chi connectivity index (χ3n) is 3.79. The van der Waals surface area contributed by atoms with E-state index in [0.717, 1.165) is 23.0 Å². The van der Waals surface area contributed by atoms with Crippen LogP contribution >= 0.6 is 27.3 Å². The van der Waals surface area contributed by atoms with Gasteiger partial charge in [0.05, 0.1) is 10.7 Å². The zero-order valence-electron chi connectivity index (χ0n) is 10.7. The minimum atomic E-state index is 0.402. The minimum Gasteiger partial charge on any atom is -0.328 e. The molecule has 0 amide bonds. The number of benzene rings is 1. The first-order valence-corrected chi connectivity index (χ1v) is 8.37. The predicted molar refractivity (Wildman–Crippen MR) is 84.4 cm³/mol. The van der Waals surface area contributed by atoms with Gasteiger partial charge in [-0.2, -0.15) is 0 Å². The van der Waals surface area contributed by atoms with E-state index in [2.05, 4.69) is 39.5 Å². The maximum Gasteiger partial charge on any atom is 0.0963 e. The molecule has 0 bridgehead atoms. The number of hydrogen-bond donors (Lipinski definition) is 1. The molecule has 1 aromatic heterocycles. The van der Waals surface area contributed by atoms with Crippen molar-refractivity contribution in [3.63, 3.8) is 0 Å². The molecule has 1 aromatic carbocycles. The molecule has 100 valence electrons. The number of nitrogens with two attached hydrogens (primary N) is 1. The average molecular weight is 337 g/mol. The van der Waals surface area contributed by atoms with E-state index in [1.54, 1.807) is 11.3 Å². The van der Waals surface area contributed by atoms with E-state index in [-0.39, 0.29) is 0 Å².